The van der Waals surface area contributed by atoms with E-state index in [2.05, 4.69) is 10.4 Å². The van der Waals surface area contributed by atoms with Crippen molar-refractivity contribution in [2.75, 3.05) is 0 Å². The number of benzene rings is 2. The molecular formula is C20H17F2N3O4. The third kappa shape index (κ3) is 4.57. The monoisotopic (exact) mass is 401 g/mol. The summed E-state index contributed by atoms with van der Waals surface area (Å²) < 4.78 is 27.8. The van der Waals surface area contributed by atoms with E-state index in [1.54, 1.807) is 18.2 Å². The fourth-order valence-electron chi connectivity index (χ4n) is 2.86. The zero-order valence-electron chi connectivity index (χ0n) is 15.3. The molecule has 1 atom stereocenters. The van der Waals surface area contributed by atoms with Crippen LogP contribution in [0.4, 0.5) is 8.78 Å². The highest BCUT2D eigenvalue weighted by molar-refractivity contribution is 5.93. The lowest BCUT2D eigenvalue weighted by molar-refractivity contribution is -0.137. The Hall–Kier alpha value is -3.75. The Kier molecular flexibility index (Phi) is 5.58. The van der Waals surface area contributed by atoms with Crippen LogP contribution in [0.1, 0.15) is 34.1 Å². The van der Waals surface area contributed by atoms with Crippen LogP contribution in [-0.2, 0) is 4.79 Å². The Morgan fingerprint density at radius 1 is 1.17 bits per heavy atom. The number of carbonyl (C=O) groups is 2. The summed E-state index contributed by atoms with van der Waals surface area (Å²) in [6.07, 6.45) is -0.367. The zero-order chi connectivity index (χ0) is 21.1. The molecule has 9 heteroatoms. The highest BCUT2D eigenvalue weighted by Gasteiger charge is 2.22. The molecule has 3 aromatic rings. The Bertz CT molecular complexity index is 1080. The number of amides is 1. The molecule has 0 aliphatic carbocycles. The summed E-state index contributed by atoms with van der Waals surface area (Å²) in [6, 6.07) is 9.85. The number of halogens is 2. The summed E-state index contributed by atoms with van der Waals surface area (Å²) in [4.78, 5) is 23.8. The maximum Gasteiger partial charge on any atom is 0.305 e. The number of hydrogen-bond donors (Lipinski definition) is 3. The molecule has 1 amide bonds. The van der Waals surface area contributed by atoms with Crippen molar-refractivity contribution < 1.29 is 28.6 Å². The third-order valence-corrected chi connectivity index (χ3v) is 4.19. The Balaban J connectivity index is 1.88. The normalized spacial score (nSPS) is 11.8. The summed E-state index contributed by atoms with van der Waals surface area (Å²) in [5.41, 5.74) is 0.979. The van der Waals surface area contributed by atoms with Crippen LogP contribution in [0.25, 0.3) is 5.69 Å². The first-order chi connectivity index (χ1) is 13.7. The van der Waals surface area contributed by atoms with Gasteiger partial charge in [-0.3, -0.25) is 9.59 Å². The number of carbonyl (C=O) groups excluding carboxylic acids is 1. The molecule has 0 aliphatic heterocycles. The highest BCUT2D eigenvalue weighted by Crippen LogP contribution is 2.23. The van der Waals surface area contributed by atoms with E-state index in [1.165, 1.54) is 0 Å². The number of nitrogens with zero attached hydrogens (tertiary/aromatic N) is 2. The molecule has 150 valence electrons. The van der Waals surface area contributed by atoms with Gasteiger partial charge in [0, 0.05) is 12.1 Å². The number of aliphatic carboxylic acids is 1. The van der Waals surface area contributed by atoms with Gasteiger partial charge in [-0.25, -0.2) is 8.78 Å². The van der Waals surface area contributed by atoms with Gasteiger partial charge >= 0.3 is 5.97 Å². The molecule has 3 N–H and O–H groups in total. The van der Waals surface area contributed by atoms with Gasteiger partial charge in [0.25, 0.3) is 5.91 Å². The van der Waals surface area contributed by atoms with Crippen LogP contribution in [0, 0.1) is 18.6 Å². The smallest absolute Gasteiger partial charge is 0.305 e. The van der Waals surface area contributed by atoms with Crippen molar-refractivity contribution in [3.05, 3.63) is 77.0 Å². The molecule has 0 fully saturated rings. The topological polar surface area (TPSA) is 104 Å². The lowest BCUT2D eigenvalue weighted by atomic mass is 10.0. The quantitative estimate of drug-likeness (QED) is 0.589. The van der Waals surface area contributed by atoms with Crippen LogP contribution in [0.5, 0.6) is 5.88 Å². The summed E-state index contributed by atoms with van der Waals surface area (Å²) in [6.45, 7) is 1.83. The average Bonchev–Trinajstić information content (AvgIpc) is 3.02. The number of carboxylic acid groups (broad SMARTS) is 1. The van der Waals surface area contributed by atoms with Gasteiger partial charge in [-0.2, -0.15) is 9.78 Å². The van der Waals surface area contributed by atoms with E-state index < -0.39 is 35.4 Å². The van der Waals surface area contributed by atoms with Crippen LogP contribution in [0.15, 0.2) is 48.5 Å². The average molecular weight is 401 g/mol. The van der Waals surface area contributed by atoms with Crippen LogP contribution in [0.2, 0.25) is 0 Å². The second kappa shape index (κ2) is 8.09. The van der Waals surface area contributed by atoms with Crippen molar-refractivity contribution in [1.29, 1.82) is 0 Å². The molecule has 0 saturated heterocycles. The predicted molar refractivity (Wildman–Crippen MR) is 98.8 cm³/mol. The van der Waals surface area contributed by atoms with Gasteiger partial charge in [-0.15, -0.1) is 0 Å². The first kappa shape index (κ1) is 20.0. The Morgan fingerprint density at radius 3 is 2.59 bits per heavy atom. The van der Waals surface area contributed by atoms with Crippen molar-refractivity contribution in [2.24, 2.45) is 0 Å². The Labute approximate surface area is 164 Å². The number of aromatic nitrogens is 2. The molecule has 0 bridgehead atoms. The van der Waals surface area contributed by atoms with E-state index in [0.29, 0.717) is 11.6 Å². The molecule has 0 saturated carbocycles. The van der Waals surface area contributed by atoms with Crippen LogP contribution >= 0.6 is 0 Å². The minimum Gasteiger partial charge on any atom is -0.493 e. The number of aromatic hydroxyl groups is 1. The number of nitrogens with one attached hydrogen (secondary N) is 1. The van der Waals surface area contributed by atoms with E-state index in [4.69, 9.17) is 5.11 Å². The number of carboxylic acids is 1. The minimum absolute atomic E-state index is 0.247. The number of hydrogen-bond acceptors (Lipinski definition) is 4. The number of aryl methyl sites for hydroxylation is 1. The highest BCUT2D eigenvalue weighted by atomic mass is 19.1. The maximum absolute atomic E-state index is 14.0. The van der Waals surface area contributed by atoms with Gasteiger partial charge in [-0.05, 0) is 24.6 Å². The van der Waals surface area contributed by atoms with Crippen LogP contribution in [-0.4, -0.2) is 31.9 Å². The molecule has 0 radical (unpaired) electrons. The van der Waals surface area contributed by atoms with E-state index in [9.17, 15) is 23.5 Å². The first-order valence-corrected chi connectivity index (χ1v) is 8.58. The molecule has 3 rings (SSSR count). The van der Waals surface area contributed by atoms with Gasteiger partial charge in [0.2, 0.25) is 5.88 Å². The molecule has 1 heterocycles. The van der Waals surface area contributed by atoms with Crippen molar-refractivity contribution in [3.63, 3.8) is 0 Å². The second-order valence-corrected chi connectivity index (χ2v) is 6.43. The largest absolute Gasteiger partial charge is 0.493 e. The van der Waals surface area contributed by atoms with Crippen LogP contribution < -0.4 is 5.32 Å². The van der Waals surface area contributed by atoms with Gasteiger partial charge < -0.3 is 15.5 Å². The SMILES string of the molecule is Cc1cccc([C@H](CC(=O)O)NC(=O)c2cc(O)n(-c3ccc(F)cc3F)n2)c1. The summed E-state index contributed by atoms with van der Waals surface area (Å²) in [5, 5.41) is 25.6. The minimum atomic E-state index is -1.11. The molecule has 1 aromatic heterocycles. The van der Waals surface area contributed by atoms with E-state index >= 15 is 0 Å². The summed E-state index contributed by atoms with van der Waals surface area (Å²) in [7, 11) is 0. The fourth-order valence-corrected chi connectivity index (χ4v) is 2.86. The third-order valence-electron chi connectivity index (χ3n) is 4.19. The van der Waals surface area contributed by atoms with Crippen molar-refractivity contribution >= 4 is 11.9 Å². The van der Waals surface area contributed by atoms with E-state index in [-0.39, 0.29) is 17.8 Å². The molecule has 2 aromatic carbocycles. The molecule has 0 aliphatic rings. The van der Waals surface area contributed by atoms with Crippen molar-refractivity contribution in [3.8, 4) is 11.6 Å². The molecule has 29 heavy (non-hydrogen) atoms. The summed E-state index contributed by atoms with van der Waals surface area (Å²) in [5.74, 6) is -4.18. The second-order valence-electron chi connectivity index (χ2n) is 6.43. The lowest BCUT2D eigenvalue weighted by Crippen LogP contribution is -2.30. The van der Waals surface area contributed by atoms with Gasteiger partial charge in [-0.1, -0.05) is 29.8 Å². The lowest BCUT2D eigenvalue weighted by Gasteiger charge is -2.17. The first-order valence-electron chi connectivity index (χ1n) is 8.58. The molecule has 0 unspecified atom stereocenters. The van der Waals surface area contributed by atoms with Gasteiger partial charge in [0.1, 0.15) is 11.5 Å². The summed E-state index contributed by atoms with van der Waals surface area (Å²) >= 11 is 0. The van der Waals surface area contributed by atoms with Crippen molar-refractivity contribution in [1.82, 2.24) is 15.1 Å². The Morgan fingerprint density at radius 2 is 1.93 bits per heavy atom. The number of rotatable bonds is 6. The molecule has 7 nitrogen and oxygen atoms in total. The predicted octanol–water partition coefficient (Wildman–Crippen LogP) is 3.11. The van der Waals surface area contributed by atoms with Gasteiger partial charge in [0.05, 0.1) is 12.5 Å². The molecular weight excluding hydrogens is 384 g/mol. The van der Waals surface area contributed by atoms with Crippen molar-refractivity contribution in [2.45, 2.75) is 19.4 Å². The standard InChI is InChI=1S/C20H17F2N3O4/c1-11-3-2-4-12(7-11)15(10-19(27)28)23-20(29)16-9-18(26)25(24-16)17-6-5-13(21)8-14(17)22/h2-9,15,26H,10H2,1H3,(H,23,29)(H,27,28)/t15-/m0/s1. The van der Waals surface area contributed by atoms with E-state index in [1.807, 2.05) is 13.0 Å². The van der Waals surface area contributed by atoms with Gasteiger partial charge in [0.15, 0.2) is 11.5 Å². The molecule has 0 spiro atoms. The van der Waals surface area contributed by atoms with Crippen LogP contribution in [0.3, 0.4) is 0 Å². The maximum atomic E-state index is 14.0. The van der Waals surface area contributed by atoms with E-state index in [0.717, 1.165) is 28.4 Å². The zero-order valence-corrected chi connectivity index (χ0v) is 15.3. The fraction of sp³-hybridized carbons (Fsp3) is 0.150.